The first-order chi connectivity index (χ1) is 13.0. The van der Waals surface area contributed by atoms with Gasteiger partial charge in [0.2, 0.25) is 5.75 Å². The van der Waals surface area contributed by atoms with Gasteiger partial charge in [-0.15, -0.1) is 0 Å². The zero-order valence-electron chi connectivity index (χ0n) is 15.8. The van der Waals surface area contributed by atoms with Gasteiger partial charge in [-0.05, 0) is 46.7 Å². The molecule has 0 atom stereocenters. The van der Waals surface area contributed by atoms with Crippen molar-refractivity contribution in [1.82, 2.24) is 4.57 Å². The second-order valence-corrected chi connectivity index (χ2v) is 7.29. The Labute approximate surface area is 172 Å². The van der Waals surface area contributed by atoms with Crippen LogP contribution in [-0.4, -0.2) is 31.7 Å². The first-order valence-electron chi connectivity index (χ1n) is 8.56. The molecule has 5 nitrogen and oxygen atoms in total. The number of fused-ring (bicyclic) bond motifs is 1. The van der Waals surface area contributed by atoms with Crippen LogP contribution in [0.3, 0.4) is 0 Å². The van der Waals surface area contributed by atoms with Gasteiger partial charge >= 0.3 is 0 Å². The molecular formula is C21H22INO4. The summed E-state index contributed by atoms with van der Waals surface area (Å²) in [4.78, 5) is 12.9. The highest BCUT2D eigenvalue weighted by molar-refractivity contribution is 14.1. The van der Waals surface area contributed by atoms with Crippen LogP contribution in [0.4, 0.5) is 0 Å². The molecule has 2 aromatic carbocycles. The van der Waals surface area contributed by atoms with Crippen molar-refractivity contribution in [2.24, 2.45) is 7.05 Å². The Morgan fingerprint density at radius 1 is 1.07 bits per heavy atom. The minimum absolute atomic E-state index is 0.122. The Bertz CT molecular complexity index is 994. The van der Waals surface area contributed by atoms with Crippen LogP contribution in [0.1, 0.15) is 22.3 Å². The van der Waals surface area contributed by atoms with Crippen LogP contribution in [0.15, 0.2) is 36.5 Å². The molecule has 0 N–H and O–H groups in total. The molecule has 0 spiro atoms. The fourth-order valence-corrected chi connectivity index (χ4v) is 4.19. The van der Waals surface area contributed by atoms with E-state index in [1.165, 1.54) is 0 Å². The Kier molecular flexibility index (Phi) is 5.94. The zero-order chi connectivity index (χ0) is 19.6. The van der Waals surface area contributed by atoms with E-state index in [9.17, 15) is 4.79 Å². The van der Waals surface area contributed by atoms with Crippen molar-refractivity contribution in [3.8, 4) is 17.2 Å². The second-order valence-electron chi connectivity index (χ2n) is 6.21. The fourth-order valence-electron chi connectivity index (χ4n) is 3.30. The number of nitrogens with zero attached hydrogens (tertiary/aromatic N) is 1. The van der Waals surface area contributed by atoms with Gasteiger partial charge in [-0.25, -0.2) is 0 Å². The van der Waals surface area contributed by atoms with E-state index in [0.717, 1.165) is 25.6 Å². The van der Waals surface area contributed by atoms with Gasteiger partial charge in [0, 0.05) is 36.1 Å². The summed E-state index contributed by atoms with van der Waals surface area (Å²) in [7, 11) is 6.74. The Morgan fingerprint density at radius 2 is 1.78 bits per heavy atom. The maximum atomic E-state index is 12.9. The zero-order valence-corrected chi connectivity index (χ0v) is 18.0. The number of ketones is 1. The number of rotatable bonds is 7. The standard InChI is InChI=1S/C21H22INO4/c1-23-12-15(14-7-5-6-8-16(14)23)17(24)10-9-13-11-18(25-2)20(26-3)21(27-4)19(13)22/h5-8,11-12H,9-10H2,1-4H3. The summed E-state index contributed by atoms with van der Waals surface area (Å²) in [5.74, 6) is 1.91. The molecule has 0 aliphatic carbocycles. The first-order valence-corrected chi connectivity index (χ1v) is 9.64. The molecule has 3 rings (SSSR count). The van der Waals surface area contributed by atoms with Gasteiger partial charge in [0.25, 0.3) is 0 Å². The number of aromatic nitrogens is 1. The number of halogens is 1. The average Bonchev–Trinajstić information content (AvgIpc) is 3.03. The number of benzene rings is 2. The van der Waals surface area contributed by atoms with E-state index >= 15 is 0 Å². The van der Waals surface area contributed by atoms with E-state index in [0.29, 0.717) is 30.1 Å². The number of Topliss-reactive ketones (excluding diaryl/α,β-unsaturated/α-hetero) is 1. The van der Waals surface area contributed by atoms with Crippen LogP contribution >= 0.6 is 22.6 Å². The van der Waals surface area contributed by atoms with Crippen molar-refractivity contribution in [2.75, 3.05) is 21.3 Å². The lowest BCUT2D eigenvalue weighted by Gasteiger charge is -2.16. The minimum Gasteiger partial charge on any atom is -0.493 e. The topological polar surface area (TPSA) is 49.7 Å². The quantitative estimate of drug-likeness (QED) is 0.367. The predicted octanol–water partition coefficient (Wildman–Crippen LogP) is 4.62. The van der Waals surface area contributed by atoms with E-state index in [2.05, 4.69) is 22.6 Å². The molecule has 0 unspecified atom stereocenters. The van der Waals surface area contributed by atoms with Crippen LogP contribution in [0.2, 0.25) is 0 Å². The molecule has 0 radical (unpaired) electrons. The molecule has 27 heavy (non-hydrogen) atoms. The smallest absolute Gasteiger partial charge is 0.204 e. The molecule has 142 valence electrons. The first kappa shape index (κ1) is 19.5. The Balaban J connectivity index is 1.89. The number of methoxy groups -OCH3 is 3. The van der Waals surface area contributed by atoms with Gasteiger partial charge in [-0.1, -0.05) is 18.2 Å². The maximum Gasteiger partial charge on any atom is 0.204 e. The minimum atomic E-state index is 0.122. The second kappa shape index (κ2) is 8.21. The summed E-state index contributed by atoms with van der Waals surface area (Å²) in [6, 6.07) is 9.87. The monoisotopic (exact) mass is 479 g/mol. The highest BCUT2D eigenvalue weighted by atomic mass is 127. The predicted molar refractivity (Wildman–Crippen MR) is 114 cm³/mol. The summed E-state index contributed by atoms with van der Waals surface area (Å²) in [5, 5.41) is 0.990. The summed E-state index contributed by atoms with van der Waals surface area (Å²) in [5.41, 5.74) is 2.82. The van der Waals surface area contributed by atoms with Crippen molar-refractivity contribution in [1.29, 1.82) is 0 Å². The van der Waals surface area contributed by atoms with Gasteiger partial charge in [0.15, 0.2) is 17.3 Å². The molecule has 0 aliphatic rings. The molecule has 1 aromatic heterocycles. The van der Waals surface area contributed by atoms with Crippen LogP contribution in [0.5, 0.6) is 17.2 Å². The van der Waals surface area contributed by atoms with Crippen molar-refractivity contribution in [2.45, 2.75) is 12.8 Å². The molecule has 0 saturated carbocycles. The lowest BCUT2D eigenvalue weighted by molar-refractivity contribution is 0.0984. The molecule has 0 bridgehead atoms. The average molecular weight is 479 g/mol. The molecular weight excluding hydrogens is 457 g/mol. The summed E-state index contributed by atoms with van der Waals surface area (Å²) in [6.07, 6.45) is 2.91. The van der Waals surface area contributed by atoms with Gasteiger partial charge < -0.3 is 18.8 Å². The van der Waals surface area contributed by atoms with Crippen LogP contribution < -0.4 is 14.2 Å². The Hall–Kier alpha value is -2.22. The summed E-state index contributed by atoms with van der Waals surface area (Å²) >= 11 is 2.23. The molecule has 1 heterocycles. The number of hydrogen-bond donors (Lipinski definition) is 0. The largest absolute Gasteiger partial charge is 0.493 e. The van der Waals surface area contributed by atoms with Crippen molar-refractivity contribution in [3.63, 3.8) is 0 Å². The van der Waals surface area contributed by atoms with Crippen molar-refractivity contribution < 1.29 is 19.0 Å². The number of para-hydroxylation sites is 1. The number of ether oxygens (including phenoxy) is 3. The molecule has 0 amide bonds. The lowest BCUT2D eigenvalue weighted by atomic mass is 10.0. The van der Waals surface area contributed by atoms with E-state index < -0.39 is 0 Å². The van der Waals surface area contributed by atoms with Crippen molar-refractivity contribution >= 4 is 39.3 Å². The maximum absolute atomic E-state index is 12.9. The summed E-state index contributed by atoms with van der Waals surface area (Å²) in [6.45, 7) is 0. The van der Waals surface area contributed by atoms with E-state index in [1.54, 1.807) is 21.3 Å². The van der Waals surface area contributed by atoms with Crippen LogP contribution in [0.25, 0.3) is 10.9 Å². The normalized spacial score (nSPS) is 10.9. The third kappa shape index (κ3) is 3.63. The third-order valence-electron chi connectivity index (χ3n) is 4.66. The third-order valence-corrected chi connectivity index (χ3v) is 5.85. The SMILES string of the molecule is COc1cc(CCC(=O)c2cn(C)c3ccccc23)c(I)c(OC)c1OC. The van der Waals surface area contributed by atoms with E-state index in [4.69, 9.17) is 14.2 Å². The van der Waals surface area contributed by atoms with E-state index in [1.807, 2.05) is 48.1 Å². The molecule has 6 heteroatoms. The molecule has 0 aliphatic heterocycles. The van der Waals surface area contributed by atoms with Gasteiger partial charge in [0.1, 0.15) is 0 Å². The van der Waals surface area contributed by atoms with Gasteiger partial charge in [-0.3, -0.25) is 4.79 Å². The molecule has 0 fully saturated rings. The number of aryl methyl sites for hydroxylation is 2. The number of hydrogen-bond acceptors (Lipinski definition) is 4. The number of carbonyl (C=O) groups is 1. The summed E-state index contributed by atoms with van der Waals surface area (Å²) < 4.78 is 19.3. The number of carbonyl (C=O) groups excluding carboxylic acids is 1. The fraction of sp³-hybridized carbons (Fsp3) is 0.286. The molecule has 3 aromatic rings. The van der Waals surface area contributed by atoms with Crippen LogP contribution in [-0.2, 0) is 13.5 Å². The van der Waals surface area contributed by atoms with Crippen LogP contribution in [0, 0.1) is 3.57 Å². The highest BCUT2D eigenvalue weighted by Crippen LogP contribution is 2.42. The van der Waals surface area contributed by atoms with E-state index in [-0.39, 0.29) is 5.78 Å². The van der Waals surface area contributed by atoms with Crippen molar-refractivity contribution in [3.05, 3.63) is 51.2 Å². The van der Waals surface area contributed by atoms with Gasteiger partial charge in [-0.2, -0.15) is 0 Å². The Morgan fingerprint density at radius 3 is 2.44 bits per heavy atom. The van der Waals surface area contributed by atoms with Gasteiger partial charge in [0.05, 0.1) is 24.9 Å². The lowest BCUT2D eigenvalue weighted by Crippen LogP contribution is -2.04. The molecule has 0 saturated heterocycles. The highest BCUT2D eigenvalue weighted by Gasteiger charge is 2.20.